The molecule has 3 N–H and O–H groups in total. The molecule has 5 nitrogen and oxygen atoms in total. The third-order valence-electron chi connectivity index (χ3n) is 2.82. The molecule has 2 atom stereocenters. The molecule has 0 bridgehead atoms. The van der Waals surface area contributed by atoms with E-state index in [9.17, 15) is 14.7 Å². The van der Waals surface area contributed by atoms with Gasteiger partial charge in [0.25, 0.3) is 5.91 Å². The van der Waals surface area contributed by atoms with Gasteiger partial charge in [-0.05, 0) is 12.0 Å². The number of hydrogen-bond acceptors (Lipinski definition) is 3. The number of hydrogen-bond donors (Lipinski definition) is 3. The molecule has 0 saturated heterocycles. The number of carbonyl (C=O) groups is 2. The fraction of sp³-hybridized carbons (Fsp3) is 0.429. The number of aliphatic hydroxyl groups excluding tert-OH is 1. The average Bonchev–Trinajstić information content (AvgIpc) is 2.43. The lowest BCUT2D eigenvalue weighted by Gasteiger charge is -2.17. The van der Waals surface area contributed by atoms with E-state index in [0.717, 1.165) is 6.42 Å². The first-order valence-corrected chi connectivity index (χ1v) is 6.32. The van der Waals surface area contributed by atoms with Gasteiger partial charge in [-0.3, -0.25) is 4.79 Å². The lowest BCUT2D eigenvalue weighted by atomic mass is 10.1. The van der Waals surface area contributed by atoms with Crippen LogP contribution in [-0.4, -0.2) is 28.1 Å². The predicted molar refractivity (Wildman–Crippen MR) is 70.5 cm³/mol. The number of amides is 1. The second kappa shape index (κ2) is 7.53. The molecule has 1 aromatic carbocycles. The lowest BCUT2D eigenvalue weighted by Crippen LogP contribution is -2.43. The minimum atomic E-state index is -1.34. The van der Waals surface area contributed by atoms with Crippen molar-refractivity contribution in [2.75, 3.05) is 0 Å². The van der Waals surface area contributed by atoms with Crippen molar-refractivity contribution in [1.82, 2.24) is 5.32 Å². The molecule has 0 aliphatic carbocycles. The van der Waals surface area contributed by atoms with Gasteiger partial charge in [-0.2, -0.15) is 0 Å². The van der Waals surface area contributed by atoms with Crippen molar-refractivity contribution >= 4 is 11.9 Å². The molecule has 0 aromatic heterocycles. The molecule has 0 aliphatic heterocycles. The molecule has 0 spiro atoms. The maximum Gasteiger partial charge on any atom is 0.326 e. The van der Waals surface area contributed by atoms with Crippen LogP contribution in [0.3, 0.4) is 0 Å². The number of benzene rings is 1. The maximum absolute atomic E-state index is 11.8. The van der Waals surface area contributed by atoms with Crippen LogP contribution in [0.15, 0.2) is 30.3 Å². The van der Waals surface area contributed by atoms with E-state index < -0.39 is 24.0 Å². The lowest BCUT2D eigenvalue weighted by molar-refractivity contribution is -0.143. The molecular formula is C14H19NO4. The van der Waals surface area contributed by atoms with E-state index in [4.69, 9.17) is 5.11 Å². The number of aliphatic hydroxyl groups is 1. The molecule has 0 saturated carbocycles. The minimum Gasteiger partial charge on any atom is -0.480 e. The quantitative estimate of drug-likeness (QED) is 0.697. The van der Waals surface area contributed by atoms with Crippen molar-refractivity contribution in [2.24, 2.45) is 0 Å². The van der Waals surface area contributed by atoms with Crippen LogP contribution >= 0.6 is 0 Å². The Bertz CT molecular complexity index is 419. The molecule has 1 aromatic rings. The smallest absolute Gasteiger partial charge is 0.326 e. The fourth-order valence-corrected chi connectivity index (χ4v) is 1.70. The van der Waals surface area contributed by atoms with Crippen LogP contribution < -0.4 is 5.32 Å². The predicted octanol–water partition coefficient (Wildman–Crippen LogP) is 1.48. The first kappa shape index (κ1) is 15.2. The van der Waals surface area contributed by atoms with Gasteiger partial charge >= 0.3 is 5.97 Å². The molecule has 1 amide bonds. The number of aliphatic carboxylic acids is 1. The van der Waals surface area contributed by atoms with Gasteiger partial charge in [-0.15, -0.1) is 0 Å². The Hall–Kier alpha value is -1.88. The highest BCUT2D eigenvalue weighted by atomic mass is 16.4. The van der Waals surface area contributed by atoms with Crippen LogP contribution in [0.5, 0.6) is 0 Å². The Morgan fingerprint density at radius 1 is 1.26 bits per heavy atom. The molecule has 5 heteroatoms. The van der Waals surface area contributed by atoms with Crippen molar-refractivity contribution in [1.29, 1.82) is 0 Å². The second-order valence-electron chi connectivity index (χ2n) is 4.35. The molecule has 0 unspecified atom stereocenters. The van der Waals surface area contributed by atoms with Crippen LogP contribution in [0.4, 0.5) is 0 Å². The summed E-state index contributed by atoms with van der Waals surface area (Å²) in [6.07, 6.45) is 0.572. The molecule has 0 radical (unpaired) electrons. The van der Waals surface area contributed by atoms with Gasteiger partial charge < -0.3 is 15.5 Å². The van der Waals surface area contributed by atoms with Crippen LogP contribution in [0.25, 0.3) is 0 Å². The summed E-state index contributed by atoms with van der Waals surface area (Å²) < 4.78 is 0. The second-order valence-corrected chi connectivity index (χ2v) is 4.35. The summed E-state index contributed by atoms with van der Waals surface area (Å²) >= 11 is 0. The number of unbranched alkanes of at least 4 members (excludes halogenated alkanes) is 1. The van der Waals surface area contributed by atoms with E-state index in [2.05, 4.69) is 5.32 Å². The summed E-state index contributed by atoms with van der Waals surface area (Å²) in [4.78, 5) is 22.8. The van der Waals surface area contributed by atoms with Crippen LogP contribution in [0.1, 0.15) is 37.9 Å². The molecule has 0 aliphatic rings. The summed E-state index contributed by atoms with van der Waals surface area (Å²) in [6, 6.07) is 7.47. The number of carboxylic acid groups (broad SMARTS) is 1. The summed E-state index contributed by atoms with van der Waals surface area (Å²) in [5, 5.41) is 21.2. The highest BCUT2D eigenvalue weighted by Gasteiger charge is 2.24. The third kappa shape index (κ3) is 4.71. The van der Waals surface area contributed by atoms with Gasteiger partial charge in [-0.1, -0.05) is 50.1 Å². The summed E-state index contributed by atoms with van der Waals surface area (Å²) in [6.45, 7) is 1.94. The van der Waals surface area contributed by atoms with Crippen molar-refractivity contribution in [3.05, 3.63) is 35.9 Å². The zero-order chi connectivity index (χ0) is 14.3. The minimum absolute atomic E-state index is 0.360. The van der Waals surface area contributed by atoms with Gasteiger partial charge in [0, 0.05) is 0 Å². The Labute approximate surface area is 112 Å². The highest BCUT2D eigenvalue weighted by Crippen LogP contribution is 2.13. The zero-order valence-electron chi connectivity index (χ0n) is 10.9. The monoisotopic (exact) mass is 265 g/mol. The van der Waals surface area contributed by atoms with Crippen molar-refractivity contribution in [3.63, 3.8) is 0 Å². The SMILES string of the molecule is CCCC[C@@H](NC(=O)[C@@H](O)c1ccccc1)C(=O)O. The molecular weight excluding hydrogens is 246 g/mol. The Balaban J connectivity index is 2.64. The van der Waals surface area contributed by atoms with Gasteiger partial charge in [0.05, 0.1) is 0 Å². The third-order valence-corrected chi connectivity index (χ3v) is 2.82. The topological polar surface area (TPSA) is 86.6 Å². The maximum atomic E-state index is 11.8. The molecule has 0 fully saturated rings. The molecule has 104 valence electrons. The van der Waals surface area contributed by atoms with Gasteiger partial charge in [0.1, 0.15) is 6.04 Å². The number of rotatable bonds is 7. The van der Waals surface area contributed by atoms with Gasteiger partial charge in [-0.25, -0.2) is 4.79 Å². The fourth-order valence-electron chi connectivity index (χ4n) is 1.70. The van der Waals surface area contributed by atoms with Crippen molar-refractivity contribution < 1.29 is 19.8 Å². The number of nitrogens with one attached hydrogen (secondary N) is 1. The summed E-state index contributed by atoms with van der Waals surface area (Å²) in [7, 11) is 0. The van der Waals surface area contributed by atoms with Crippen LogP contribution in [-0.2, 0) is 9.59 Å². The first-order valence-electron chi connectivity index (χ1n) is 6.32. The van der Waals surface area contributed by atoms with Crippen molar-refractivity contribution in [3.8, 4) is 0 Å². The highest BCUT2D eigenvalue weighted by molar-refractivity contribution is 5.86. The first-order chi connectivity index (χ1) is 9.06. The van der Waals surface area contributed by atoms with E-state index in [1.54, 1.807) is 30.3 Å². The van der Waals surface area contributed by atoms with Crippen LogP contribution in [0, 0.1) is 0 Å². The molecule has 19 heavy (non-hydrogen) atoms. The van der Waals surface area contributed by atoms with Gasteiger partial charge in [0.2, 0.25) is 0 Å². The van der Waals surface area contributed by atoms with E-state index in [0.29, 0.717) is 18.4 Å². The summed E-state index contributed by atoms with van der Waals surface area (Å²) in [5.41, 5.74) is 0.444. The Morgan fingerprint density at radius 3 is 2.42 bits per heavy atom. The standard InChI is InChI=1S/C14H19NO4/c1-2-3-9-11(14(18)19)15-13(17)12(16)10-7-5-4-6-8-10/h4-8,11-12,16H,2-3,9H2,1H3,(H,15,17)(H,18,19)/t11-,12+/m1/s1. The van der Waals surface area contributed by atoms with E-state index >= 15 is 0 Å². The normalized spacial score (nSPS) is 13.6. The molecule has 0 heterocycles. The molecule has 1 rings (SSSR count). The Kier molecular flexibility index (Phi) is 6.02. The number of carboxylic acids is 1. The number of carbonyl (C=O) groups excluding carboxylic acids is 1. The van der Waals surface area contributed by atoms with Gasteiger partial charge in [0.15, 0.2) is 6.10 Å². The van der Waals surface area contributed by atoms with Crippen molar-refractivity contribution in [2.45, 2.75) is 38.3 Å². The van der Waals surface area contributed by atoms with Crippen LogP contribution in [0.2, 0.25) is 0 Å². The van der Waals surface area contributed by atoms with E-state index in [1.807, 2.05) is 6.92 Å². The largest absolute Gasteiger partial charge is 0.480 e. The van der Waals surface area contributed by atoms with E-state index in [-0.39, 0.29) is 0 Å². The average molecular weight is 265 g/mol. The van der Waals surface area contributed by atoms with E-state index in [1.165, 1.54) is 0 Å². The zero-order valence-corrected chi connectivity index (χ0v) is 10.9. The Morgan fingerprint density at radius 2 is 1.89 bits per heavy atom. The summed E-state index contributed by atoms with van der Waals surface area (Å²) in [5.74, 6) is -1.77.